The molecular weight excluding hydrogens is 267 g/mol. The first kappa shape index (κ1) is 15.2. The van der Waals surface area contributed by atoms with E-state index in [2.05, 4.69) is 0 Å². The van der Waals surface area contributed by atoms with Crippen LogP contribution < -0.4 is 10.5 Å². The van der Waals surface area contributed by atoms with E-state index in [1.54, 1.807) is 6.07 Å². The zero-order valence-electron chi connectivity index (χ0n) is 11.4. The van der Waals surface area contributed by atoms with Gasteiger partial charge in [0.2, 0.25) is 0 Å². The van der Waals surface area contributed by atoms with Crippen LogP contribution in [-0.4, -0.2) is 6.10 Å². The Hall–Kier alpha value is -1.23. The molecule has 0 spiro atoms. The average Bonchev–Trinajstić information content (AvgIpc) is 2.66. The third kappa shape index (κ3) is 3.88. The van der Waals surface area contributed by atoms with Crippen molar-refractivity contribution in [2.24, 2.45) is 5.73 Å². The van der Waals surface area contributed by atoms with Gasteiger partial charge in [0.05, 0.1) is 11.7 Å². The van der Waals surface area contributed by atoms with Crippen molar-refractivity contribution in [2.45, 2.75) is 57.3 Å². The molecule has 112 valence electrons. The van der Waals surface area contributed by atoms with Crippen LogP contribution in [0.4, 0.5) is 13.2 Å². The molecule has 1 aromatic carbocycles. The molecule has 0 aromatic heterocycles. The summed E-state index contributed by atoms with van der Waals surface area (Å²) in [5.74, 6) is -0.0680. The molecular formula is C15H20F3NO. The minimum atomic E-state index is -4.41. The summed E-state index contributed by atoms with van der Waals surface area (Å²) in [6.45, 7) is 0.0901. The van der Waals surface area contributed by atoms with E-state index in [9.17, 15) is 13.2 Å². The Morgan fingerprint density at radius 2 is 1.75 bits per heavy atom. The van der Waals surface area contributed by atoms with Crippen LogP contribution in [0.25, 0.3) is 0 Å². The standard InChI is InChI=1S/C15H20F3NO/c16-15(17,18)13-9-11(10-19)7-8-14(13)20-12-5-3-1-2-4-6-12/h7-9,12H,1-6,10,19H2. The molecule has 1 fully saturated rings. The fourth-order valence-electron chi connectivity index (χ4n) is 2.57. The molecule has 0 atom stereocenters. The third-order valence-corrected chi connectivity index (χ3v) is 3.68. The van der Waals surface area contributed by atoms with Crippen molar-refractivity contribution in [3.05, 3.63) is 29.3 Å². The summed E-state index contributed by atoms with van der Waals surface area (Å²) in [7, 11) is 0. The Morgan fingerprint density at radius 1 is 1.10 bits per heavy atom. The quantitative estimate of drug-likeness (QED) is 0.843. The Morgan fingerprint density at radius 3 is 2.30 bits per heavy atom. The first-order chi connectivity index (χ1) is 9.50. The predicted octanol–water partition coefficient (Wildman–Crippen LogP) is 4.27. The second-order valence-electron chi connectivity index (χ2n) is 5.26. The molecule has 0 saturated heterocycles. The number of halogens is 3. The second kappa shape index (κ2) is 6.48. The molecule has 1 aliphatic rings. The fourth-order valence-corrected chi connectivity index (χ4v) is 2.57. The van der Waals surface area contributed by atoms with Crippen molar-refractivity contribution >= 4 is 0 Å². The minimum absolute atomic E-state index is 0.0680. The van der Waals surface area contributed by atoms with Crippen LogP contribution in [-0.2, 0) is 12.7 Å². The summed E-state index contributed by atoms with van der Waals surface area (Å²) >= 11 is 0. The van der Waals surface area contributed by atoms with Crippen LogP contribution in [0, 0.1) is 0 Å². The van der Waals surface area contributed by atoms with E-state index < -0.39 is 11.7 Å². The largest absolute Gasteiger partial charge is 0.490 e. The molecule has 5 heteroatoms. The summed E-state index contributed by atoms with van der Waals surface area (Å²) in [5.41, 5.74) is 5.15. The SMILES string of the molecule is NCc1ccc(OC2CCCCCC2)c(C(F)(F)F)c1. The number of nitrogens with two attached hydrogens (primary N) is 1. The van der Waals surface area contributed by atoms with Gasteiger partial charge in [-0.2, -0.15) is 13.2 Å². The van der Waals surface area contributed by atoms with Gasteiger partial charge in [0.15, 0.2) is 0 Å². The van der Waals surface area contributed by atoms with Crippen molar-refractivity contribution in [3.63, 3.8) is 0 Å². The molecule has 0 aliphatic heterocycles. The predicted molar refractivity (Wildman–Crippen MR) is 71.5 cm³/mol. The van der Waals surface area contributed by atoms with Crippen molar-refractivity contribution < 1.29 is 17.9 Å². The highest BCUT2D eigenvalue weighted by Crippen LogP contribution is 2.38. The molecule has 1 saturated carbocycles. The lowest BCUT2D eigenvalue weighted by atomic mass is 10.1. The van der Waals surface area contributed by atoms with E-state index in [-0.39, 0.29) is 18.4 Å². The van der Waals surface area contributed by atoms with Crippen LogP contribution in [0.15, 0.2) is 18.2 Å². The highest BCUT2D eigenvalue weighted by molar-refractivity contribution is 5.39. The molecule has 1 aromatic rings. The maximum Gasteiger partial charge on any atom is 0.419 e. The van der Waals surface area contributed by atoms with E-state index in [1.807, 2.05) is 0 Å². The number of hydrogen-bond acceptors (Lipinski definition) is 2. The lowest BCUT2D eigenvalue weighted by molar-refractivity contribution is -0.139. The van der Waals surface area contributed by atoms with Gasteiger partial charge in [-0.25, -0.2) is 0 Å². The average molecular weight is 287 g/mol. The Balaban J connectivity index is 2.21. The van der Waals surface area contributed by atoms with Crippen LogP contribution in [0.5, 0.6) is 5.75 Å². The molecule has 0 unspecified atom stereocenters. The van der Waals surface area contributed by atoms with E-state index >= 15 is 0 Å². The number of rotatable bonds is 3. The second-order valence-corrected chi connectivity index (χ2v) is 5.26. The monoisotopic (exact) mass is 287 g/mol. The summed E-state index contributed by atoms with van der Waals surface area (Å²) in [4.78, 5) is 0. The van der Waals surface area contributed by atoms with Gasteiger partial charge in [-0.1, -0.05) is 18.9 Å². The lowest BCUT2D eigenvalue weighted by Gasteiger charge is -2.21. The van der Waals surface area contributed by atoms with Crippen LogP contribution in [0.2, 0.25) is 0 Å². The molecule has 2 nitrogen and oxygen atoms in total. The van der Waals surface area contributed by atoms with E-state index in [1.165, 1.54) is 6.07 Å². The summed E-state index contributed by atoms with van der Waals surface area (Å²) < 4.78 is 44.9. The summed E-state index contributed by atoms with van der Waals surface area (Å²) in [6, 6.07) is 4.09. The van der Waals surface area contributed by atoms with Gasteiger partial charge >= 0.3 is 6.18 Å². The fraction of sp³-hybridized carbons (Fsp3) is 0.600. The van der Waals surface area contributed by atoms with E-state index in [0.29, 0.717) is 5.56 Å². The van der Waals surface area contributed by atoms with Gasteiger partial charge in [-0.15, -0.1) is 0 Å². The molecule has 2 rings (SSSR count). The summed E-state index contributed by atoms with van der Waals surface area (Å²) in [5, 5.41) is 0. The van der Waals surface area contributed by atoms with Crippen molar-refractivity contribution in [1.29, 1.82) is 0 Å². The van der Waals surface area contributed by atoms with E-state index in [4.69, 9.17) is 10.5 Å². The normalized spacial score (nSPS) is 17.8. The highest BCUT2D eigenvalue weighted by Gasteiger charge is 2.35. The third-order valence-electron chi connectivity index (χ3n) is 3.68. The molecule has 1 aliphatic carbocycles. The van der Waals surface area contributed by atoms with Gasteiger partial charge in [0.25, 0.3) is 0 Å². The lowest BCUT2D eigenvalue weighted by Crippen LogP contribution is -2.18. The Kier molecular flexibility index (Phi) is 4.91. The number of ether oxygens (including phenoxy) is 1. The Labute approximate surface area is 117 Å². The number of alkyl halides is 3. The van der Waals surface area contributed by atoms with Crippen LogP contribution >= 0.6 is 0 Å². The molecule has 20 heavy (non-hydrogen) atoms. The van der Waals surface area contributed by atoms with E-state index in [0.717, 1.165) is 44.6 Å². The van der Waals surface area contributed by atoms with Gasteiger partial charge < -0.3 is 10.5 Å². The first-order valence-corrected chi connectivity index (χ1v) is 7.07. The van der Waals surface area contributed by atoms with Crippen LogP contribution in [0.1, 0.15) is 49.7 Å². The number of benzene rings is 1. The maximum atomic E-state index is 13.1. The van der Waals surface area contributed by atoms with Gasteiger partial charge in [-0.3, -0.25) is 0 Å². The van der Waals surface area contributed by atoms with Gasteiger partial charge in [-0.05, 0) is 43.4 Å². The van der Waals surface area contributed by atoms with Crippen molar-refractivity contribution in [1.82, 2.24) is 0 Å². The molecule has 0 amide bonds. The molecule has 0 heterocycles. The van der Waals surface area contributed by atoms with Crippen LogP contribution in [0.3, 0.4) is 0 Å². The topological polar surface area (TPSA) is 35.2 Å². The molecule has 0 bridgehead atoms. The maximum absolute atomic E-state index is 13.1. The zero-order valence-corrected chi connectivity index (χ0v) is 11.4. The van der Waals surface area contributed by atoms with Gasteiger partial charge in [0, 0.05) is 6.54 Å². The summed E-state index contributed by atoms with van der Waals surface area (Å²) in [6.07, 6.45) is 1.45. The number of hydrogen-bond donors (Lipinski definition) is 1. The highest BCUT2D eigenvalue weighted by atomic mass is 19.4. The van der Waals surface area contributed by atoms with Crippen molar-refractivity contribution in [2.75, 3.05) is 0 Å². The van der Waals surface area contributed by atoms with Crippen molar-refractivity contribution in [3.8, 4) is 5.75 Å². The van der Waals surface area contributed by atoms with Gasteiger partial charge in [0.1, 0.15) is 5.75 Å². The smallest absolute Gasteiger partial charge is 0.419 e. The minimum Gasteiger partial charge on any atom is -0.490 e. The zero-order chi connectivity index (χ0) is 14.6. The molecule has 0 radical (unpaired) electrons. The molecule has 2 N–H and O–H groups in total. The first-order valence-electron chi connectivity index (χ1n) is 7.07. The Bertz CT molecular complexity index is 437.